The van der Waals surface area contributed by atoms with Crippen molar-refractivity contribution in [1.29, 1.82) is 0 Å². The molecule has 0 N–H and O–H groups in total. The third-order valence-electron chi connectivity index (χ3n) is 1.53. The minimum Gasteiger partial charge on any atom is -0.295 e. The molecule has 0 aromatic rings. The van der Waals surface area contributed by atoms with Crippen LogP contribution in [0.4, 0.5) is 0 Å². The molecule has 0 aliphatic heterocycles. The van der Waals surface area contributed by atoms with E-state index in [9.17, 15) is 4.79 Å². The van der Waals surface area contributed by atoms with Gasteiger partial charge in [-0.05, 0) is 18.9 Å². The summed E-state index contributed by atoms with van der Waals surface area (Å²) in [6.07, 6.45) is 7.00. The largest absolute Gasteiger partial charge is 0.295 e. The molecule has 0 saturated heterocycles. The van der Waals surface area contributed by atoms with Crippen LogP contribution in [0.2, 0.25) is 0 Å². The second kappa shape index (κ2) is 6.14. The summed E-state index contributed by atoms with van der Waals surface area (Å²) in [5.74, 6) is 0.566. The van der Waals surface area contributed by atoms with Gasteiger partial charge in [-0.25, -0.2) is 0 Å². The lowest BCUT2D eigenvalue weighted by molar-refractivity contribution is -0.118. The molecule has 1 aliphatic carbocycles. The lowest BCUT2D eigenvalue weighted by atomic mass is 9.95. The Bertz CT molecular complexity index is 136. The minimum atomic E-state index is 0.278. The summed E-state index contributed by atoms with van der Waals surface area (Å²) in [5.41, 5.74) is 0. The molecule has 0 spiro atoms. The summed E-state index contributed by atoms with van der Waals surface area (Å²) in [6, 6.07) is 0. The Hall–Kier alpha value is -0.590. The summed E-state index contributed by atoms with van der Waals surface area (Å²) in [4.78, 5) is 10.7. The second-order valence-electron chi connectivity index (χ2n) is 2.99. The van der Waals surface area contributed by atoms with Crippen LogP contribution in [0.25, 0.3) is 0 Å². The molecule has 0 radical (unpaired) electrons. The van der Waals surface area contributed by atoms with Crippen LogP contribution >= 0.6 is 0 Å². The van der Waals surface area contributed by atoms with E-state index in [4.69, 9.17) is 0 Å². The Morgan fingerprint density at radius 1 is 1.55 bits per heavy atom. The molecule has 1 unspecified atom stereocenters. The van der Waals surface area contributed by atoms with Crippen molar-refractivity contribution in [3.8, 4) is 0 Å². The molecule has 0 fully saturated rings. The fourth-order valence-corrected chi connectivity index (χ4v) is 0.852. The Morgan fingerprint density at radius 3 is 2.36 bits per heavy atom. The number of rotatable bonds is 0. The predicted molar refractivity (Wildman–Crippen MR) is 48.5 cm³/mol. The van der Waals surface area contributed by atoms with Gasteiger partial charge in [-0.3, -0.25) is 4.79 Å². The fraction of sp³-hybridized carbons (Fsp3) is 0.700. The van der Waals surface area contributed by atoms with Crippen LogP contribution in [-0.2, 0) is 4.79 Å². The van der Waals surface area contributed by atoms with Gasteiger partial charge in [-0.15, -0.1) is 0 Å². The molecule has 1 rings (SSSR count). The smallest absolute Gasteiger partial charge is 0.158 e. The molecule has 1 nitrogen and oxygen atoms in total. The highest BCUT2D eigenvalue weighted by Crippen LogP contribution is 2.12. The van der Waals surface area contributed by atoms with Crippen molar-refractivity contribution in [2.75, 3.05) is 0 Å². The van der Waals surface area contributed by atoms with E-state index in [-0.39, 0.29) is 11.7 Å². The number of hydrogen-bond donors (Lipinski definition) is 0. The maximum atomic E-state index is 10.7. The quantitative estimate of drug-likeness (QED) is 0.524. The highest BCUT2D eigenvalue weighted by Gasteiger charge is 2.11. The molecule has 0 aromatic carbocycles. The molecule has 0 aromatic heterocycles. The lowest BCUT2D eigenvalue weighted by Crippen LogP contribution is -2.10. The molecule has 0 amide bonds. The zero-order valence-corrected chi connectivity index (χ0v) is 7.76. The molecular weight excluding hydrogens is 136 g/mol. The molecule has 1 atom stereocenters. The van der Waals surface area contributed by atoms with E-state index in [1.54, 1.807) is 6.08 Å². The first-order chi connectivity index (χ1) is 5.22. The van der Waals surface area contributed by atoms with Crippen molar-refractivity contribution in [1.82, 2.24) is 0 Å². The van der Waals surface area contributed by atoms with Crippen molar-refractivity contribution in [3.63, 3.8) is 0 Å². The maximum Gasteiger partial charge on any atom is 0.158 e. The molecule has 0 bridgehead atoms. The SMILES string of the molecule is CC1CCC=CC1=O.CCC. The molecule has 1 heteroatoms. The van der Waals surface area contributed by atoms with Crippen LogP contribution in [0, 0.1) is 5.92 Å². The highest BCUT2D eigenvalue weighted by atomic mass is 16.1. The van der Waals surface area contributed by atoms with Crippen molar-refractivity contribution >= 4 is 5.78 Å². The van der Waals surface area contributed by atoms with Crippen LogP contribution in [0.15, 0.2) is 12.2 Å². The molecule has 0 heterocycles. The number of allylic oxidation sites excluding steroid dienone is 2. The topological polar surface area (TPSA) is 17.1 Å². The number of carbonyl (C=O) groups is 1. The van der Waals surface area contributed by atoms with E-state index in [0.29, 0.717) is 0 Å². The summed E-state index contributed by atoms with van der Waals surface area (Å²) in [6.45, 7) is 6.23. The van der Waals surface area contributed by atoms with Gasteiger partial charge in [0, 0.05) is 5.92 Å². The summed E-state index contributed by atoms with van der Waals surface area (Å²) < 4.78 is 0. The van der Waals surface area contributed by atoms with E-state index in [2.05, 4.69) is 13.8 Å². The van der Waals surface area contributed by atoms with E-state index in [0.717, 1.165) is 12.8 Å². The van der Waals surface area contributed by atoms with Crippen molar-refractivity contribution in [2.24, 2.45) is 5.92 Å². The molecule has 0 saturated carbocycles. The van der Waals surface area contributed by atoms with E-state index in [1.807, 2.05) is 13.0 Å². The number of carbonyl (C=O) groups excluding carboxylic acids is 1. The Morgan fingerprint density at radius 2 is 2.09 bits per heavy atom. The molecule has 64 valence electrons. The molecule has 1 aliphatic rings. The van der Waals surface area contributed by atoms with Gasteiger partial charge in [0.2, 0.25) is 0 Å². The maximum absolute atomic E-state index is 10.7. The molecular formula is C10H18O. The van der Waals surface area contributed by atoms with Gasteiger partial charge in [0.25, 0.3) is 0 Å². The number of ketones is 1. The van der Waals surface area contributed by atoms with Gasteiger partial charge < -0.3 is 0 Å². The first kappa shape index (κ1) is 10.4. The monoisotopic (exact) mass is 154 g/mol. The van der Waals surface area contributed by atoms with E-state index >= 15 is 0 Å². The summed E-state index contributed by atoms with van der Waals surface area (Å²) >= 11 is 0. The average Bonchev–Trinajstić information content (AvgIpc) is 1.97. The fourth-order valence-electron chi connectivity index (χ4n) is 0.852. The number of hydrogen-bond acceptors (Lipinski definition) is 1. The van der Waals surface area contributed by atoms with Crippen LogP contribution in [0.1, 0.15) is 40.0 Å². The standard InChI is InChI=1S/C7H10O.C3H8/c1-6-4-2-3-5-7(6)8;1-3-2/h3,5-6H,2,4H2,1H3;3H2,1-2H3. The Kier molecular flexibility index (Phi) is 5.81. The summed E-state index contributed by atoms with van der Waals surface area (Å²) in [7, 11) is 0. The first-order valence-electron chi connectivity index (χ1n) is 4.42. The lowest BCUT2D eigenvalue weighted by Gasteiger charge is -2.08. The van der Waals surface area contributed by atoms with E-state index < -0.39 is 0 Å². The van der Waals surface area contributed by atoms with Gasteiger partial charge in [-0.1, -0.05) is 33.3 Å². The minimum absolute atomic E-state index is 0.278. The van der Waals surface area contributed by atoms with Crippen LogP contribution in [0.3, 0.4) is 0 Å². The van der Waals surface area contributed by atoms with Gasteiger partial charge >= 0.3 is 0 Å². The average molecular weight is 154 g/mol. The third kappa shape index (κ3) is 4.77. The normalized spacial score (nSPS) is 22.5. The van der Waals surface area contributed by atoms with Gasteiger partial charge in [-0.2, -0.15) is 0 Å². The highest BCUT2D eigenvalue weighted by molar-refractivity contribution is 5.92. The zero-order chi connectivity index (χ0) is 8.69. The predicted octanol–water partition coefficient (Wildman–Crippen LogP) is 2.96. The van der Waals surface area contributed by atoms with E-state index in [1.165, 1.54) is 6.42 Å². The van der Waals surface area contributed by atoms with Crippen molar-refractivity contribution < 1.29 is 4.79 Å². The van der Waals surface area contributed by atoms with Crippen molar-refractivity contribution in [2.45, 2.75) is 40.0 Å². The zero-order valence-electron chi connectivity index (χ0n) is 7.76. The summed E-state index contributed by atoms with van der Waals surface area (Å²) in [5, 5.41) is 0. The Labute approximate surface area is 69.5 Å². The van der Waals surface area contributed by atoms with Gasteiger partial charge in [0.1, 0.15) is 0 Å². The van der Waals surface area contributed by atoms with Gasteiger partial charge in [0.05, 0.1) is 0 Å². The van der Waals surface area contributed by atoms with Crippen molar-refractivity contribution in [3.05, 3.63) is 12.2 Å². The van der Waals surface area contributed by atoms with Crippen LogP contribution in [-0.4, -0.2) is 5.78 Å². The van der Waals surface area contributed by atoms with Gasteiger partial charge in [0.15, 0.2) is 5.78 Å². The third-order valence-corrected chi connectivity index (χ3v) is 1.53. The Balaban J connectivity index is 0.000000292. The van der Waals surface area contributed by atoms with Crippen LogP contribution in [0.5, 0.6) is 0 Å². The second-order valence-corrected chi connectivity index (χ2v) is 2.99. The molecule has 11 heavy (non-hydrogen) atoms. The first-order valence-corrected chi connectivity index (χ1v) is 4.42. The van der Waals surface area contributed by atoms with Crippen LogP contribution < -0.4 is 0 Å².